The van der Waals surface area contributed by atoms with Gasteiger partial charge in [-0.2, -0.15) is 34.4 Å². The van der Waals surface area contributed by atoms with Crippen molar-refractivity contribution >= 4 is 73.5 Å². The summed E-state index contributed by atoms with van der Waals surface area (Å²) in [5, 5.41) is 10.9. The molecule has 4 nitrogen and oxygen atoms in total. The van der Waals surface area contributed by atoms with Crippen LogP contribution in [0.15, 0.2) is 91.0 Å². The molecule has 0 atom stereocenters. The van der Waals surface area contributed by atoms with E-state index < -0.39 is 10.8 Å². The van der Waals surface area contributed by atoms with Crippen molar-refractivity contribution in [2.24, 2.45) is 0 Å². The van der Waals surface area contributed by atoms with Gasteiger partial charge in [-0.25, -0.2) is 8.78 Å². The average molecular weight is 624 g/mol. The standard InChI is InChI=1S/C18H13FO2.C11H7FO2.CH4.BCl3.FH/c19-16-10-9-14(11-20)18-15(16)7-4-8-17(18)21-12-13-5-2-1-3-6-13;12-9-5-4-7(6-13)11-8(9)2-1-3-10(11)14;;2-1(3)4;/h1-11H,12H2;1-6,14H;1H4;;1H. The molecule has 0 saturated carbocycles. The Kier molecular flexibility index (Phi) is 14.8. The van der Waals surface area contributed by atoms with E-state index in [4.69, 9.17) is 39.1 Å². The first-order valence-electron chi connectivity index (χ1n) is 11.4. The predicted molar refractivity (Wildman–Crippen MR) is 164 cm³/mol. The van der Waals surface area contributed by atoms with Gasteiger partial charge in [-0.15, -0.1) is 0 Å². The van der Waals surface area contributed by atoms with Crippen LogP contribution in [0.5, 0.6) is 11.5 Å². The number of carbonyl (C=O) groups is 2. The van der Waals surface area contributed by atoms with Crippen LogP contribution in [0, 0.1) is 11.6 Å². The van der Waals surface area contributed by atoms with Crippen LogP contribution in [0.1, 0.15) is 33.7 Å². The maximum Gasteiger partial charge on any atom is 0.450 e. The highest BCUT2D eigenvalue weighted by Crippen LogP contribution is 2.31. The largest absolute Gasteiger partial charge is 0.507 e. The Balaban J connectivity index is 0.000000366. The van der Waals surface area contributed by atoms with Gasteiger partial charge in [-0.3, -0.25) is 14.3 Å². The minimum Gasteiger partial charge on any atom is -0.507 e. The van der Waals surface area contributed by atoms with Crippen molar-refractivity contribution < 1.29 is 32.9 Å². The molecule has 214 valence electrons. The lowest BCUT2D eigenvalue weighted by molar-refractivity contribution is 0.111. The first kappa shape index (κ1) is 35.3. The molecule has 0 saturated heterocycles. The minimum atomic E-state index is -0.750. The number of benzene rings is 5. The molecule has 11 heteroatoms. The fourth-order valence-corrected chi connectivity index (χ4v) is 3.79. The normalized spacial score (nSPS) is 9.59. The number of ether oxygens (including phenoxy) is 1. The zero-order valence-corrected chi connectivity index (χ0v) is 22.8. The fourth-order valence-electron chi connectivity index (χ4n) is 3.79. The van der Waals surface area contributed by atoms with E-state index in [2.05, 4.69) is 0 Å². The molecular weight excluding hydrogens is 598 g/mol. The smallest absolute Gasteiger partial charge is 0.450 e. The summed E-state index contributed by atoms with van der Waals surface area (Å²) in [6.07, 6.45) is 1.32. The highest BCUT2D eigenvalue weighted by molar-refractivity contribution is 7.54. The number of hydrogen-bond acceptors (Lipinski definition) is 4. The van der Waals surface area contributed by atoms with Crippen LogP contribution in [-0.2, 0) is 6.61 Å². The van der Waals surface area contributed by atoms with E-state index in [9.17, 15) is 23.5 Å². The number of aromatic hydroxyl groups is 1. The second kappa shape index (κ2) is 17.2. The zero-order valence-electron chi connectivity index (χ0n) is 20.6. The molecule has 41 heavy (non-hydrogen) atoms. The molecule has 0 aliphatic heterocycles. The molecule has 0 spiro atoms. The molecule has 0 heterocycles. The number of phenols is 1. The second-order valence-corrected chi connectivity index (χ2v) is 9.89. The number of phenolic OH excluding ortho intramolecular Hbond substituents is 1. The molecule has 1 N–H and O–H groups in total. The maximum absolute atomic E-state index is 13.9. The van der Waals surface area contributed by atoms with E-state index in [0.717, 1.165) is 11.8 Å². The molecule has 0 aliphatic carbocycles. The molecular formula is C30H25BCl3F3O4. The topological polar surface area (TPSA) is 63.6 Å². The van der Waals surface area contributed by atoms with Gasteiger partial charge in [-0.05, 0) is 42.0 Å². The number of carbonyl (C=O) groups excluding carboxylic acids is 2. The van der Waals surface area contributed by atoms with E-state index in [0.29, 0.717) is 40.5 Å². The van der Waals surface area contributed by atoms with Crippen LogP contribution in [0.4, 0.5) is 13.5 Å². The number of aldehydes is 2. The van der Waals surface area contributed by atoms with Crippen molar-refractivity contribution in [1.29, 1.82) is 0 Å². The molecule has 0 amide bonds. The van der Waals surface area contributed by atoms with Gasteiger partial charge in [0.25, 0.3) is 0 Å². The number of fused-ring (bicyclic) bond motifs is 2. The van der Waals surface area contributed by atoms with E-state index in [-0.39, 0.29) is 34.5 Å². The van der Waals surface area contributed by atoms with Gasteiger partial charge in [0.05, 0.1) is 0 Å². The summed E-state index contributed by atoms with van der Waals surface area (Å²) in [6.45, 7) is 0.370. The SMILES string of the molecule is C.ClB(Cl)Cl.F.O=Cc1ccc(F)c2cccc(O)c12.O=Cc1ccc(F)c2cccc(OCc3ccccc3)c12. The van der Waals surface area contributed by atoms with Crippen molar-refractivity contribution in [2.75, 3.05) is 0 Å². The van der Waals surface area contributed by atoms with Gasteiger partial charge in [0, 0.05) is 32.7 Å². The van der Waals surface area contributed by atoms with Crippen LogP contribution in [0.3, 0.4) is 0 Å². The second-order valence-electron chi connectivity index (χ2n) is 7.91. The van der Waals surface area contributed by atoms with Crippen molar-refractivity contribution in [3.05, 3.63) is 119 Å². The summed E-state index contributed by atoms with van der Waals surface area (Å²) in [5.41, 5.74) is 1.73. The molecule has 5 rings (SSSR count). The van der Waals surface area contributed by atoms with Crippen LogP contribution in [0.2, 0.25) is 0 Å². The van der Waals surface area contributed by atoms with Crippen molar-refractivity contribution in [2.45, 2.75) is 14.0 Å². The Morgan fingerprint density at radius 3 is 1.73 bits per heavy atom. The molecule has 0 aliphatic rings. The Hall–Kier alpha value is -3.72. The molecule has 5 aromatic carbocycles. The predicted octanol–water partition coefficient (Wildman–Crippen LogP) is 9.34. The lowest BCUT2D eigenvalue weighted by atomic mass is 10.0. The Morgan fingerprint density at radius 2 is 1.20 bits per heavy atom. The molecule has 0 bridgehead atoms. The molecule has 0 unspecified atom stereocenters. The van der Waals surface area contributed by atoms with E-state index in [1.165, 1.54) is 42.5 Å². The van der Waals surface area contributed by atoms with Crippen molar-refractivity contribution in [3.63, 3.8) is 0 Å². The third-order valence-corrected chi connectivity index (χ3v) is 5.47. The highest BCUT2D eigenvalue weighted by atomic mass is 35.6. The minimum absolute atomic E-state index is 0. The number of hydrogen-bond donors (Lipinski definition) is 1. The van der Waals surface area contributed by atoms with E-state index in [1.54, 1.807) is 18.2 Å². The third kappa shape index (κ3) is 9.42. The summed E-state index contributed by atoms with van der Waals surface area (Å²) in [7, 11) is 0. The molecule has 5 aromatic rings. The number of rotatable bonds is 5. The Labute approximate surface area is 250 Å². The van der Waals surface area contributed by atoms with Crippen molar-refractivity contribution in [3.8, 4) is 11.5 Å². The quantitative estimate of drug-likeness (QED) is 0.157. The van der Waals surface area contributed by atoms with Crippen LogP contribution in [-0.4, -0.2) is 22.6 Å². The average Bonchev–Trinajstić information content (AvgIpc) is 2.93. The maximum atomic E-state index is 13.9. The lowest BCUT2D eigenvalue weighted by Crippen LogP contribution is -1.97. The highest BCUT2D eigenvalue weighted by Gasteiger charge is 2.11. The first-order valence-corrected chi connectivity index (χ1v) is 12.7. The summed E-state index contributed by atoms with van der Waals surface area (Å²) < 4.78 is 32.9. The van der Waals surface area contributed by atoms with E-state index in [1.807, 2.05) is 30.3 Å². The Bertz CT molecular complexity index is 1590. The van der Waals surface area contributed by atoms with Gasteiger partial charge in [-0.1, -0.05) is 62.0 Å². The number of halogens is 6. The van der Waals surface area contributed by atoms with Gasteiger partial charge >= 0.3 is 4.96 Å². The van der Waals surface area contributed by atoms with Gasteiger partial charge in [0.15, 0.2) is 12.6 Å². The zero-order chi connectivity index (χ0) is 28.4. The fraction of sp³-hybridized carbons (Fsp3) is 0.0667. The summed E-state index contributed by atoms with van der Waals surface area (Å²) in [5.74, 6) is -0.371. The third-order valence-electron chi connectivity index (χ3n) is 5.47. The molecule has 0 radical (unpaired) electrons. The molecule has 0 fully saturated rings. The molecule has 0 aromatic heterocycles. The van der Waals surface area contributed by atoms with Gasteiger partial charge in [0.2, 0.25) is 0 Å². The Morgan fingerprint density at radius 1 is 0.707 bits per heavy atom. The van der Waals surface area contributed by atoms with Crippen LogP contribution < -0.4 is 4.74 Å². The monoisotopic (exact) mass is 622 g/mol. The summed E-state index contributed by atoms with van der Waals surface area (Å²) in [6, 6.07) is 24.6. The van der Waals surface area contributed by atoms with Crippen LogP contribution in [0.25, 0.3) is 21.5 Å². The van der Waals surface area contributed by atoms with Crippen LogP contribution >= 0.6 is 34.4 Å². The van der Waals surface area contributed by atoms with E-state index >= 15 is 0 Å². The lowest BCUT2D eigenvalue weighted by Gasteiger charge is -2.11. The summed E-state index contributed by atoms with van der Waals surface area (Å²) >= 11 is 14.4. The van der Waals surface area contributed by atoms with Gasteiger partial charge in [0.1, 0.15) is 29.7 Å². The summed E-state index contributed by atoms with van der Waals surface area (Å²) in [4.78, 5) is 21.1. The van der Waals surface area contributed by atoms with Gasteiger partial charge < -0.3 is 9.84 Å². The van der Waals surface area contributed by atoms with Crippen molar-refractivity contribution in [1.82, 2.24) is 0 Å². The first-order chi connectivity index (χ1) is 18.8.